The number of pyridine rings is 1. The normalized spacial score (nSPS) is 20.6. The van der Waals surface area contributed by atoms with Gasteiger partial charge in [-0.1, -0.05) is 12.1 Å². The van der Waals surface area contributed by atoms with Crippen LogP contribution in [0.15, 0.2) is 42.7 Å². The Labute approximate surface area is 146 Å². The van der Waals surface area contributed by atoms with Crippen LogP contribution in [0.5, 0.6) is 5.75 Å². The molecular weight excluding hydrogens is 320 g/mol. The zero-order chi connectivity index (χ0) is 17.2. The molecule has 1 saturated heterocycles. The van der Waals surface area contributed by atoms with Crippen LogP contribution < -0.4 is 4.74 Å². The first kappa shape index (κ1) is 15.9. The molecule has 2 aliphatic heterocycles. The number of piperidine rings is 1. The van der Waals surface area contributed by atoms with Crippen molar-refractivity contribution in [2.24, 2.45) is 5.92 Å². The zero-order valence-corrected chi connectivity index (χ0v) is 13.8. The minimum absolute atomic E-state index is 0.224. The molecule has 25 heavy (non-hydrogen) atoms. The van der Waals surface area contributed by atoms with Gasteiger partial charge in [-0.3, -0.25) is 4.98 Å². The molecule has 2 aromatic rings. The molecular formula is C19H20N2O4. The summed E-state index contributed by atoms with van der Waals surface area (Å²) in [6.45, 7) is 1.58. The summed E-state index contributed by atoms with van der Waals surface area (Å²) in [5.41, 5.74) is 3.18. The summed E-state index contributed by atoms with van der Waals surface area (Å²) in [5, 5.41) is 9.04. The number of fused-ring (bicyclic) bond motifs is 1. The number of rotatable bonds is 2. The molecule has 0 aliphatic carbocycles. The summed E-state index contributed by atoms with van der Waals surface area (Å²) >= 11 is 0. The lowest BCUT2D eigenvalue weighted by molar-refractivity contribution is -0.148. The third kappa shape index (κ3) is 3.30. The Morgan fingerprint density at radius 3 is 2.76 bits per heavy atom. The van der Waals surface area contributed by atoms with Crippen LogP contribution >= 0.6 is 0 Å². The lowest BCUT2D eigenvalue weighted by Crippen LogP contribution is -2.43. The highest BCUT2D eigenvalue weighted by molar-refractivity contribution is 5.65. The molecule has 2 aliphatic rings. The largest absolute Gasteiger partial charge is 0.465 e. The number of carboxylic acid groups (broad SMARTS) is 1. The topological polar surface area (TPSA) is 71.9 Å². The first-order chi connectivity index (χ1) is 12.2. The number of carbonyl (C=O) groups is 1. The monoisotopic (exact) mass is 340 g/mol. The minimum atomic E-state index is -0.850. The van der Waals surface area contributed by atoms with E-state index in [0.717, 1.165) is 35.3 Å². The SMILES string of the molecule is O=C(O)N1CCC(C2OCc3cc(-c4cccnc4)ccc3O2)CC1. The van der Waals surface area contributed by atoms with Crippen molar-refractivity contribution in [3.63, 3.8) is 0 Å². The molecule has 0 bridgehead atoms. The molecule has 6 nitrogen and oxygen atoms in total. The van der Waals surface area contributed by atoms with E-state index < -0.39 is 6.09 Å². The molecule has 0 radical (unpaired) electrons. The molecule has 6 heteroatoms. The second-order valence-corrected chi connectivity index (χ2v) is 6.47. The molecule has 0 spiro atoms. The van der Waals surface area contributed by atoms with E-state index in [1.807, 2.05) is 30.5 Å². The molecule has 4 rings (SSSR count). The summed E-state index contributed by atoms with van der Waals surface area (Å²) in [7, 11) is 0. The van der Waals surface area contributed by atoms with Crippen molar-refractivity contribution in [2.45, 2.75) is 25.7 Å². The van der Waals surface area contributed by atoms with Crippen molar-refractivity contribution in [3.8, 4) is 16.9 Å². The molecule has 1 atom stereocenters. The van der Waals surface area contributed by atoms with Crippen LogP contribution in [0.3, 0.4) is 0 Å². The fourth-order valence-corrected chi connectivity index (χ4v) is 3.45. The van der Waals surface area contributed by atoms with Gasteiger partial charge < -0.3 is 19.5 Å². The number of hydrogen-bond donors (Lipinski definition) is 1. The van der Waals surface area contributed by atoms with Gasteiger partial charge in [0.2, 0.25) is 6.29 Å². The summed E-state index contributed by atoms with van der Waals surface area (Å²) in [6.07, 6.45) is 3.98. The molecule has 1 fully saturated rings. The molecule has 130 valence electrons. The first-order valence-corrected chi connectivity index (χ1v) is 8.50. The second kappa shape index (κ2) is 6.72. The van der Waals surface area contributed by atoms with Gasteiger partial charge in [0.05, 0.1) is 6.61 Å². The Balaban J connectivity index is 1.45. The van der Waals surface area contributed by atoms with E-state index in [1.165, 1.54) is 4.90 Å². The average Bonchev–Trinajstić information content (AvgIpc) is 2.68. The van der Waals surface area contributed by atoms with Gasteiger partial charge >= 0.3 is 6.09 Å². The number of likely N-dealkylation sites (tertiary alicyclic amines) is 1. The highest BCUT2D eigenvalue weighted by atomic mass is 16.7. The average molecular weight is 340 g/mol. The minimum Gasteiger partial charge on any atom is -0.465 e. The Bertz CT molecular complexity index is 757. The number of ether oxygens (including phenoxy) is 2. The summed E-state index contributed by atoms with van der Waals surface area (Å²) in [4.78, 5) is 16.6. The lowest BCUT2D eigenvalue weighted by atomic mass is 9.95. The van der Waals surface area contributed by atoms with Crippen molar-refractivity contribution >= 4 is 6.09 Å². The molecule has 1 aromatic carbocycles. The Morgan fingerprint density at radius 2 is 2.04 bits per heavy atom. The van der Waals surface area contributed by atoms with E-state index in [0.29, 0.717) is 19.7 Å². The summed E-state index contributed by atoms with van der Waals surface area (Å²) in [5.74, 6) is 1.08. The third-order valence-corrected chi connectivity index (χ3v) is 4.90. The maximum Gasteiger partial charge on any atom is 0.407 e. The fourth-order valence-electron chi connectivity index (χ4n) is 3.45. The highest BCUT2D eigenvalue weighted by Crippen LogP contribution is 2.34. The van der Waals surface area contributed by atoms with Crippen LogP contribution in [0.1, 0.15) is 18.4 Å². The van der Waals surface area contributed by atoms with Crippen molar-refractivity contribution in [1.29, 1.82) is 0 Å². The highest BCUT2D eigenvalue weighted by Gasteiger charge is 2.32. The van der Waals surface area contributed by atoms with Crippen LogP contribution in [0.25, 0.3) is 11.1 Å². The Morgan fingerprint density at radius 1 is 1.20 bits per heavy atom. The van der Waals surface area contributed by atoms with Crippen molar-refractivity contribution in [1.82, 2.24) is 9.88 Å². The van der Waals surface area contributed by atoms with Crippen molar-refractivity contribution < 1.29 is 19.4 Å². The smallest absolute Gasteiger partial charge is 0.407 e. The van der Waals surface area contributed by atoms with Crippen LogP contribution in [0, 0.1) is 5.92 Å². The summed E-state index contributed by atoms with van der Waals surface area (Å²) in [6, 6.07) is 10.0. The fraction of sp³-hybridized carbons (Fsp3) is 0.368. The predicted molar refractivity (Wildman–Crippen MR) is 91.2 cm³/mol. The zero-order valence-electron chi connectivity index (χ0n) is 13.8. The number of hydrogen-bond acceptors (Lipinski definition) is 4. The van der Waals surface area contributed by atoms with E-state index in [1.54, 1.807) is 6.20 Å². The third-order valence-electron chi connectivity index (χ3n) is 4.90. The van der Waals surface area contributed by atoms with Gasteiger partial charge in [-0.05, 0) is 36.6 Å². The van der Waals surface area contributed by atoms with Crippen molar-refractivity contribution in [2.75, 3.05) is 13.1 Å². The quantitative estimate of drug-likeness (QED) is 0.907. The maximum absolute atomic E-state index is 11.0. The number of nitrogens with zero attached hydrogens (tertiary/aromatic N) is 2. The van der Waals surface area contributed by atoms with Crippen LogP contribution in [-0.2, 0) is 11.3 Å². The van der Waals surface area contributed by atoms with E-state index in [9.17, 15) is 4.79 Å². The Kier molecular flexibility index (Phi) is 4.28. The predicted octanol–water partition coefficient (Wildman–Crippen LogP) is 3.37. The Hall–Kier alpha value is -2.60. The maximum atomic E-state index is 11.0. The standard InChI is InChI=1S/C19H20N2O4/c22-19(23)21-8-5-13(6-9-21)18-24-12-16-10-14(3-4-17(16)25-18)15-2-1-7-20-11-15/h1-4,7,10-11,13,18H,5-6,8-9,12H2,(H,22,23). The van der Waals surface area contributed by atoms with E-state index in [2.05, 4.69) is 11.1 Å². The van der Waals surface area contributed by atoms with Gasteiger partial charge in [0.1, 0.15) is 5.75 Å². The van der Waals surface area contributed by atoms with Gasteiger partial charge in [0.25, 0.3) is 0 Å². The van der Waals surface area contributed by atoms with Gasteiger partial charge in [0, 0.05) is 42.5 Å². The molecule has 1 aromatic heterocycles. The molecule has 1 amide bonds. The molecule has 0 saturated carbocycles. The summed E-state index contributed by atoms with van der Waals surface area (Å²) < 4.78 is 12.0. The molecule has 1 unspecified atom stereocenters. The number of amides is 1. The number of benzene rings is 1. The lowest BCUT2D eigenvalue weighted by Gasteiger charge is -2.36. The van der Waals surface area contributed by atoms with Crippen LogP contribution in [-0.4, -0.2) is 40.5 Å². The van der Waals surface area contributed by atoms with Gasteiger partial charge in [-0.25, -0.2) is 4.79 Å². The second-order valence-electron chi connectivity index (χ2n) is 6.47. The van der Waals surface area contributed by atoms with E-state index >= 15 is 0 Å². The first-order valence-electron chi connectivity index (χ1n) is 8.50. The molecule has 3 heterocycles. The van der Waals surface area contributed by atoms with E-state index in [-0.39, 0.29) is 12.2 Å². The van der Waals surface area contributed by atoms with Gasteiger partial charge in [0.15, 0.2) is 0 Å². The molecule has 1 N–H and O–H groups in total. The van der Waals surface area contributed by atoms with Gasteiger partial charge in [-0.15, -0.1) is 0 Å². The van der Waals surface area contributed by atoms with Crippen molar-refractivity contribution in [3.05, 3.63) is 48.3 Å². The van der Waals surface area contributed by atoms with Crippen LogP contribution in [0.4, 0.5) is 4.79 Å². The van der Waals surface area contributed by atoms with Crippen LogP contribution in [0.2, 0.25) is 0 Å². The van der Waals surface area contributed by atoms with E-state index in [4.69, 9.17) is 14.6 Å². The number of aromatic nitrogens is 1. The van der Waals surface area contributed by atoms with Gasteiger partial charge in [-0.2, -0.15) is 0 Å².